The molecular weight excluding hydrogens is 208 g/mol. The average molecular weight is 232 g/mol. The molecule has 0 spiro atoms. The Morgan fingerprint density at radius 2 is 2.00 bits per heavy atom. The lowest BCUT2D eigenvalue weighted by atomic mass is 10.0. The third kappa shape index (κ3) is 4.88. The molecule has 2 N–H and O–H groups in total. The Kier molecular flexibility index (Phi) is 5.53. The van der Waals surface area contributed by atoms with Crippen LogP contribution in [-0.4, -0.2) is 25.7 Å². The summed E-state index contributed by atoms with van der Waals surface area (Å²) in [4.78, 5) is 0. The van der Waals surface area contributed by atoms with Crippen molar-refractivity contribution in [2.75, 3.05) is 19.6 Å². The van der Waals surface area contributed by atoms with Gasteiger partial charge in [-0.05, 0) is 50.9 Å². The molecule has 2 heteroatoms. The van der Waals surface area contributed by atoms with Crippen molar-refractivity contribution < 1.29 is 0 Å². The largest absolute Gasteiger partial charge is 0.316 e. The zero-order valence-corrected chi connectivity index (χ0v) is 10.6. The third-order valence-corrected chi connectivity index (χ3v) is 3.52. The predicted octanol–water partition coefficient (Wildman–Crippen LogP) is 2.35. The van der Waals surface area contributed by atoms with Gasteiger partial charge in [0.05, 0.1) is 0 Å². The molecule has 2 nitrogen and oxygen atoms in total. The molecule has 1 saturated heterocycles. The van der Waals surface area contributed by atoms with E-state index >= 15 is 0 Å². The van der Waals surface area contributed by atoms with E-state index in [1.807, 2.05) is 0 Å². The van der Waals surface area contributed by atoms with Crippen LogP contribution in [0.5, 0.6) is 0 Å². The Morgan fingerprint density at radius 3 is 2.76 bits per heavy atom. The highest BCUT2D eigenvalue weighted by Gasteiger charge is 2.10. The van der Waals surface area contributed by atoms with Crippen molar-refractivity contribution >= 4 is 0 Å². The highest BCUT2D eigenvalue weighted by atomic mass is 14.9. The molecule has 1 aromatic rings. The van der Waals surface area contributed by atoms with Crippen molar-refractivity contribution in [3.8, 4) is 0 Å². The van der Waals surface area contributed by atoms with Gasteiger partial charge >= 0.3 is 0 Å². The molecule has 1 fully saturated rings. The Labute approximate surface area is 105 Å². The minimum atomic E-state index is 0.757. The van der Waals surface area contributed by atoms with E-state index in [0.717, 1.165) is 25.6 Å². The van der Waals surface area contributed by atoms with Crippen LogP contribution in [0.2, 0.25) is 0 Å². The number of piperidine rings is 1. The van der Waals surface area contributed by atoms with Gasteiger partial charge in [-0.15, -0.1) is 0 Å². The van der Waals surface area contributed by atoms with Crippen molar-refractivity contribution in [2.45, 2.75) is 38.1 Å². The van der Waals surface area contributed by atoms with E-state index in [-0.39, 0.29) is 0 Å². The van der Waals surface area contributed by atoms with Gasteiger partial charge in [0.25, 0.3) is 0 Å². The van der Waals surface area contributed by atoms with Crippen LogP contribution in [0.1, 0.15) is 31.2 Å². The molecule has 1 aliphatic rings. The number of rotatable bonds is 6. The minimum Gasteiger partial charge on any atom is -0.316 e. The van der Waals surface area contributed by atoms with E-state index < -0.39 is 0 Å². The Balaban J connectivity index is 1.51. The Bertz CT molecular complexity index is 291. The van der Waals surface area contributed by atoms with Gasteiger partial charge in [-0.25, -0.2) is 0 Å². The second-order valence-electron chi connectivity index (χ2n) is 4.92. The summed E-state index contributed by atoms with van der Waals surface area (Å²) in [5.41, 5.74) is 1.43. The second-order valence-corrected chi connectivity index (χ2v) is 4.92. The molecule has 1 unspecified atom stereocenters. The lowest BCUT2D eigenvalue weighted by Crippen LogP contribution is -2.36. The standard InChI is InChI=1S/C15H24N2/c1-2-6-14(7-3-1)9-12-16-13-10-15-8-4-5-11-17-15/h1-3,6-7,15-17H,4-5,8-13H2. The first-order chi connectivity index (χ1) is 8.45. The van der Waals surface area contributed by atoms with Crippen molar-refractivity contribution in [1.82, 2.24) is 10.6 Å². The third-order valence-electron chi connectivity index (χ3n) is 3.52. The molecule has 0 saturated carbocycles. The summed E-state index contributed by atoms with van der Waals surface area (Å²) in [5.74, 6) is 0. The summed E-state index contributed by atoms with van der Waals surface area (Å²) in [6.07, 6.45) is 6.54. The second kappa shape index (κ2) is 7.46. The molecule has 1 heterocycles. The number of nitrogens with one attached hydrogen (secondary N) is 2. The zero-order chi connectivity index (χ0) is 11.8. The fourth-order valence-electron chi connectivity index (χ4n) is 2.45. The summed E-state index contributed by atoms with van der Waals surface area (Å²) >= 11 is 0. The van der Waals surface area contributed by atoms with Gasteiger partial charge in [-0.3, -0.25) is 0 Å². The molecule has 1 aromatic carbocycles. The van der Waals surface area contributed by atoms with Crippen LogP contribution < -0.4 is 10.6 Å². The normalized spacial score (nSPS) is 20.4. The number of hydrogen-bond donors (Lipinski definition) is 2. The van der Waals surface area contributed by atoms with Gasteiger partial charge in [0, 0.05) is 6.04 Å². The molecule has 1 atom stereocenters. The summed E-state index contributed by atoms with van der Waals surface area (Å²) < 4.78 is 0. The van der Waals surface area contributed by atoms with Gasteiger partial charge in [0.2, 0.25) is 0 Å². The van der Waals surface area contributed by atoms with E-state index in [1.54, 1.807) is 0 Å². The van der Waals surface area contributed by atoms with E-state index in [2.05, 4.69) is 41.0 Å². The highest BCUT2D eigenvalue weighted by molar-refractivity contribution is 5.14. The maximum absolute atomic E-state index is 3.59. The summed E-state index contributed by atoms with van der Waals surface area (Å²) in [6.45, 7) is 3.45. The fraction of sp³-hybridized carbons (Fsp3) is 0.600. The predicted molar refractivity (Wildman–Crippen MR) is 73.3 cm³/mol. The first kappa shape index (κ1) is 12.6. The molecule has 0 bridgehead atoms. The van der Waals surface area contributed by atoms with Crippen LogP contribution in [-0.2, 0) is 6.42 Å². The lowest BCUT2D eigenvalue weighted by molar-refractivity contribution is 0.377. The molecule has 1 aliphatic heterocycles. The molecular formula is C15H24N2. The molecule has 94 valence electrons. The van der Waals surface area contributed by atoms with Gasteiger partial charge in [-0.1, -0.05) is 36.8 Å². The smallest absolute Gasteiger partial charge is 0.00791 e. The lowest BCUT2D eigenvalue weighted by Gasteiger charge is -2.23. The summed E-state index contributed by atoms with van der Waals surface area (Å²) in [7, 11) is 0. The van der Waals surface area contributed by atoms with Gasteiger partial charge in [0.1, 0.15) is 0 Å². The Hall–Kier alpha value is -0.860. The summed E-state index contributed by atoms with van der Waals surface area (Å²) in [6, 6.07) is 11.5. The SMILES string of the molecule is c1ccc(CCNCCC2CCCCN2)cc1. The van der Waals surface area contributed by atoms with Gasteiger partial charge < -0.3 is 10.6 Å². The van der Waals surface area contributed by atoms with Crippen LogP contribution in [0, 0.1) is 0 Å². The van der Waals surface area contributed by atoms with Crippen LogP contribution in [0.4, 0.5) is 0 Å². The van der Waals surface area contributed by atoms with E-state index in [1.165, 1.54) is 37.8 Å². The molecule has 0 amide bonds. The molecule has 0 aromatic heterocycles. The Morgan fingerprint density at radius 1 is 1.12 bits per heavy atom. The summed E-state index contributed by atoms with van der Waals surface area (Å²) in [5, 5.41) is 7.13. The maximum atomic E-state index is 3.59. The van der Waals surface area contributed by atoms with Crippen LogP contribution >= 0.6 is 0 Å². The van der Waals surface area contributed by atoms with E-state index in [0.29, 0.717) is 0 Å². The average Bonchev–Trinajstić information content (AvgIpc) is 2.41. The topological polar surface area (TPSA) is 24.1 Å². The van der Waals surface area contributed by atoms with Gasteiger partial charge in [-0.2, -0.15) is 0 Å². The van der Waals surface area contributed by atoms with Crippen molar-refractivity contribution in [3.05, 3.63) is 35.9 Å². The number of benzene rings is 1. The highest BCUT2D eigenvalue weighted by Crippen LogP contribution is 2.09. The zero-order valence-electron chi connectivity index (χ0n) is 10.6. The van der Waals surface area contributed by atoms with Crippen LogP contribution in [0.3, 0.4) is 0 Å². The minimum absolute atomic E-state index is 0.757. The van der Waals surface area contributed by atoms with Crippen molar-refractivity contribution in [3.63, 3.8) is 0 Å². The van der Waals surface area contributed by atoms with Crippen molar-refractivity contribution in [2.24, 2.45) is 0 Å². The first-order valence-electron chi connectivity index (χ1n) is 6.93. The first-order valence-corrected chi connectivity index (χ1v) is 6.93. The van der Waals surface area contributed by atoms with E-state index in [9.17, 15) is 0 Å². The number of hydrogen-bond acceptors (Lipinski definition) is 2. The van der Waals surface area contributed by atoms with Crippen LogP contribution in [0.25, 0.3) is 0 Å². The van der Waals surface area contributed by atoms with Gasteiger partial charge in [0.15, 0.2) is 0 Å². The monoisotopic (exact) mass is 232 g/mol. The molecule has 0 aliphatic carbocycles. The molecule has 0 radical (unpaired) electrons. The van der Waals surface area contributed by atoms with Crippen molar-refractivity contribution in [1.29, 1.82) is 0 Å². The quantitative estimate of drug-likeness (QED) is 0.736. The van der Waals surface area contributed by atoms with Crippen LogP contribution in [0.15, 0.2) is 30.3 Å². The maximum Gasteiger partial charge on any atom is 0.00791 e. The van der Waals surface area contributed by atoms with E-state index in [4.69, 9.17) is 0 Å². The fourth-order valence-corrected chi connectivity index (χ4v) is 2.45. The molecule has 17 heavy (non-hydrogen) atoms. The molecule has 2 rings (SSSR count).